The van der Waals surface area contributed by atoms with Crippen LogP contribution in [0.1, 0.15) is 0 Å². The van der Waals surface area contributed by atoms with Crippen molar-refractivity contribution in [1.29, 1.82) is 0 Å². The number of aromatic nitrogens is 10. The van der Waals surface area contributed by atoms with Gasteiger partial charge in [0.1, 0.15) is 11.8 Å². The number of para-hydroxylation sites is 11. The third-order valence-corrected chi connectivity index (χ3v) is 25.6. The number of hydrogen-bond acceptors (Lipinski definition) is 3. The van der Waals surface area contributed by atoms with Crippen LogP contribution in [-0.4, -0.2) is 46.9 Å². The van der Waals surface area contributed by atoms with E-state index in [-0.39, 0.29) is 0 Å². The van der Waals surface area contributed by atoms with Gasteiger partial charge in [-0.1, -0.05) is 267 Å². The molecule has 9 heterocycles. The van der Waals surface area contributed by atoms with E-state index in [1.807, 2.05) is 36.9 Å². The van der Waals surface area contributed by atoms with E-state index in [1.165, 1.54) is 148 Å². The topological polar surface area (TPSA) is 73.2 Å². The fourth-order valence-corrected chi connectivity index (χ4v) is 20.2. The van der Waals surface area contributed by atoms with Crippen molar-refractivity contribution in [3.05, 3.63) is 462 Å². The van der Waals surface area contributed by atoms with E-state index in [2.05, 4.69) is 462 Å². The van der Waals surface area contributed by atoms with E-state index >= 15 is 0 Å². The second-order valence-electron chi connectivity index (χ2n) is 32.6. The summed E-state index contributed by atoms with van der Waals surface area (Å²) in [5, 5.41) is 17.6. The number of pyridine rings is 2. The van der Waals surface area contributed by atoms with Gasteiger partial charge >= 0.3 is 0 Å². The zero-order chi connectivity index (χ0) is 83.6. The highest BCUT2D eigenvalue weighted by molar-refractivity contribution is 6.32. The highest BCUT2D eigenvalue weighted by atomic mass is 15.1. The Kier molecular flexibility index (Phi) is 17.1. The summed E-state index contributed by atoms with van der Waals surface area (Å²) in [4.78, 5) is 14.3. The van der Waals surface area contributed by atoms with E-state index in [9.17, 15) is 0 Å². The van der Waals surface area contributed by atoms with Crippen LogP contribution in [0.2, 0.25) is 0 Å². The van der Waals surface area contributed by atoms with Crippen LogP contribution < -0.4 is 0 Å². The molecule has 0 saturated heterocycles. The average Bonchev–Trinajstić information content (AvgIpc) is 1.56. The van der Waals surface area contributed by atoms with Gasteiger partial charge in [0, 0.05) is 128 Å². The number of nitrogens with zero attached hydrogens (tertiary/aromatic N) is 10. The molecule has 10 nitrogen and oxygen atoms in total. The normalized spacial score (nSPS) is 11.8. The Morgan fingerprint density at radius 1 is 0.189 bits per heavy atom. The Bertz CT molecular complexity index is 8930. The summed E-state index contributed by atoms with van der Waals surface area (Å²) in [6.07, 6.45) is 5.72. The summed E-state index contributed by atoms with van der Waals surface area (Å²) in [5.41, 5.74) is 30.9. The van der Waals surface area contributed by atoms with Crippen LogP contribution in [0.15, 0.2) is 462 Å². The van der Waals surface area contributed by atoms with Gasteiger partial charge in [0.15, 0.2) is 0 Å². The standard InChI is InChI=1S/C47H31N3.C37H24N4.C33H21N3/c1-4-14-33(15-5-1)40-30-35(31-41(48-40)34-16-6-2-7-17-34)32-24-26-37(27-25-32)50-43-23-13-11-21-39(43)47-45(50)29-28-44-46(47)38-20-10-12-22-42(38)49(44)36-18-8-3-9-19-36;1-3-12-25(13-4-1)39-24-38-37-33(39)20-11-21-34(37)41-30-19-10-8-17-28(30)36-32(41)23-22-31-35(36)27-16-7-9-18-29(27)40(31)26-14-5-2-6-15-26;1-2-8-24(9-3-1)35-28-12-6-4-10-26(28)32-30(35)16-17-31-33(32)27-11-5-7-13-29(27)36(31)25-15-14-23-21-34-19-18-22(23)20-25/h1-31H;1-24H;1-21H. The highest BCUT2D eigenvalue weighted by Gasteiger charge is 2.26. The lowest BCUT2D eigenvalue weighted by Crippen LogP contribution is -1.96. The van der Waals surface area contributed by atoms with Crippen molar-refractivity contribution in [2.75, 3.05) is 0 Å². The molecule has 27 aromatic rings. The molecule has 0 atom stereocenters. The highest BCUT2D eigenvalue weighted by Crippen LogP contribution is 2.48. The second-order valence-corrected chi connectivity index (χ2v) is 32.6. The van der Waals surface area contributed by atoms with E-state index in [0.717, 1.165) is 78.5 Å². The first-order valence-electron chi connectivity index (χ1n) is 43.2. The van der Waals surface area contributed by atoms with Gasteiger partial charge in [0.25, 0.3) is 0 Å². The molecule has 18 aromatic carbocycles. The van der Waals surface area contributed by atoms with Gasteiger partial charge in [-0.3, -0.25) is 9.55 Å². The first-order chi connectivity index (χ1) is 63.1. The summed E-state index contributed by atoms with van der Waals surface area (Å²) in [6.45, 7) is 0. The maximum absolute atomic E-state index is 5.09. The van der Waals surface area contributed by atoms with E-state index in [4.69, 9.17) is 9.97 Å². The number of rotatable bonds is 10. The summed E-state index contributed by atoms with van der Waals surface area (Å²) in [6, 6.07) is 158. The van der Waals surface area contributed by atoms with Gasteiger partial charge in [-0.2, -0.15) is 0 Å². The molecule has 0 fully saturated rings. The van der Waals surface area contributed by atoms with Gasteiger partial charge in [-0.25, -0.2) is 9.97 Å². The zero-order valence-electron chi connectivity index (χ0n) is 68.9. The predicted molar refractivity (Wildman–Crippen MR) is 529 cm³/mol. The molecule has 0 N–H and O–H groups in total. The minimum Gasteiger partial charge on any atom is -0.309 e. The van der Waals surface area contributed by atoms with Crippen molar-refractivity contribution in [1.82, 2.24) is 46.9 Å². The fourth-order valence-electron chi connectivity index (χ4n) is 20.2. The molecular weight excluding hydrogens is 1550 g/mol. The van der Waals surface area contributed by atoms with Crippen LogP contribution in [0.3, 0.4) is 0 Å². The Balaban J connectivity index is 0.000000105. The molecule has 0 bridgehead atoms. The molecule has 0 aliphatic rings. The fraction of sp³-hybridized carbons (Fsp3) is 0. The van der Waals surface area contributed by atoms with E-state index in [0.29, 0.717) is 0 Å². The summed E-state index contributed by atoms with van der Waals surface area (Å²) in [7, 11) is 0. The van der Waals surface area contributed by atoms with Crippen molar-refractivity contribution in [3.8, 4) is 73.5 Å². The minimum absolute atomic E-state index is 0.965. The monoisotopic (exact) mass is 1620 g/mol. The average molecular weight is 1620 g/mol. The van der Waals surface area contributed by atoms with Crippen LogP contribution in [-0.2, 0) is 0 Å². The number of imidazole rings is 1. The lowest BCUT2D eigenvalue weighted by Gasteiger charge is -2.12. The Hall–Kier alpha value is -17.2. The molecule has 0 spiro atoms. The SMILES string of the molecule is c1ccc(-c2cc(-c3ccc(-n4c5ccccc5c5c6c7ccccc7n(-c7ccccc7)c6ccc54)cc3)cc(-c3ccccc3)n2)cc1.c1ccc(-n2c3ccccc3c3c4c5ccccc5n(-c5ccc6cnccc6c5)c4ccc32)cc1.c1ccc(-n2cnc3c(-n4c5ccccc5c5c6c7ccccc7n(-c7ccccc7)c6ccc54)cccc32)cc1. The Morgan fingerprint density at radius 2 is 0.504 bits per heavy atom. The molecule has 0 aliphatic carbocycles. The van der Waals surface area contributed by atoms with Crippen LogP contribution in [0.25, 0.3) is 226 Å². The number of fused-ring (bicyclic) bond motifs is 23. The van der Waals surface area contributed by atoms with Crippen molar-refractivity contribution in [3.63, 3.8) is 0 Å². The van der Waals surface area contributed by atoms with Crippen molar-refractivity contribution in [2.24, 2.45) is 0 Å². The van der Waals surface area contributed by atoms with Gasteiger partial charge < -0.3 is 27.4 Å². The van der Waals surface area contributed by atoms with Crippen molar-refractivity contribution >= 4 is 153 Å². The zero-order valence-corrected chi connectivity index (χ0v) is 68.9. The molecule has 0 amide bonds. The third kappa shape index (κ3) is 11.8. The van der Waals surface area contributed by atoms with Crippen LogP contribution >= 0.6 is 0 Å². The Morgan fingerprint density at radius 3 is 0.898 bits per heavy atom. The number of hydrogen-bond donors (Lipinski definition) is 0. The first-order valence-corrected chi connectivity index (χ1v) is 43.2. The quantitative estimate of drug-likeness (QED) is 0.137. The molecule has 127 heavy (non-hydrogen) atoms. The maximum Gasteiger partial charge on any atom is 0.113 e. The predicted octanol–water partition coefficient (Wildman–Crippen LogP) is 29.9. The van der Waals surface area contributed by atoms with Gasteiger partial charge in [0.05, 0.1) is 88.8 Å². The molecule has 0 saturated carbocycles. The summed E-state index contributed by atoms with van der Waals surface area (Å²) >= 11 is 0. The second kappa shape index (κ2) is 29.8. The number of benzene rings is 18. The van der Waals surface area contributed by atoms with Crippen LogP contribution in [0.4, 0.5) is 0 Å². The lowest BCUT2D eigenvalue weighted by molar-refractivity contribution is 1.09. The van der Waals surface area contributed by atoms with E-state index < -0.39 is 0 Å². The maximum atomic E-state index is 5.09. The van der Waals surface area contributed by atoms with E-state index in [1.54, 1.807) is 0 Å². The lowest BCUT2D eigenvalue weighted by atomic mass is 10.00. The molecule has 27 rings (SSSR count). The largest absolute Gasteiger partial charge is 0.309 e. The molecule has 10 heteroatoms. The van der Waals surface area contributed by atoms with Crippen molar-refractivity contribution in [2.45, 2.75) is 0 Å². The van der Waals surface area contributed by atoms with Crippen LogP contribution in [0.5, 0.6) is 0 Å². The van der Waals surface area contributed by atoms with Gasteiger partial charge in [-0.15, -0.1) is 0 Å². The molecule has 9 aromatic heterocycles. The molecule has 594 valence electrons. The Labute approximate surface area is 729 Å². The molecule has 0 radical (unpaired) electrons. The van der Waals surface area contributed by atoms with Crippen LogP contribution in [0, 0.1) is 0 Å². The summed E-state index contributed by atoms with van der Waals surface area (Å²) < 4.78 is 16.5. The minimum atomic E-state index is 0.965. The molecular formula is C117H76N10. The van der Waals surface area contributed by atoms with Gasteiger partial charge in [0.2, 0.25) is 0 Å². The summed E-state index contributed by atoms with van der Waals surface area (Å²) in [5.74, 6) is 0. The van der Waals surface area contributed by atoms with Gasteiger partial charge in [-0.05, 0) is 192 Å². The smallest absolute Gasteiger partial charge is 0.113 e. The molecule has 0 unspecified atom stereocenters. The van der Waals surface area contributed by atoms with Crippen molar-refractivity contribution < 1.29 is 0 Å². The molecule has 0 aliphatic heterocycles. The third-order valence-electron chi connectivity index (χ3n) is 25.6. The first kappa shape index (κ1) is 72.6.